The van der Waals surface area contributed by atoms with Crippen molar-refractivity contribution in [2.75, 3.05) is 7.11 Å². The van der Waals surface area contributed by atoms with Crippen molar-refractivity contribution < 1.29 is 23.8 Å². The van der Waals surface area contributed by atoms with Crippen LogP contribution in [0.5, 0.6) is 5.75 Å². The maximum absolute atomic E-state index is 13.5. The summed E-state index contributed by atoms with van der Waals surface area (Å²) in [5, 5.41) is 12.9. The summed E-state index contributed by atoms with van der Waals surface area (Å²) in [6.45, 7) is 0.208. The van der Waals surface area contributed by atoms with E-state index in [4.69, 9.17) is 4.74 Å². The van der Waals surface area contributed by atoms with Crippen molar-refractivity contribution in [2.24, 2.45) is 0 Å². The largest absolute Gasteiger partial charge is 0.507 e. The number of thiophene rings is 1. The summed E-state index contributed by atoms with van der Waals surface area (Å²) in [4.78, 5) is 28.1. The zero-order chi connectivity index (χ0) is 21.3. The lowest BCUT2D eigenvalue weighted by atomic mass is 9.95. The predicted octanol–water partition coefficient (Wildman–Crippen LogP) is 4.52. The topological polar surface area (TPSA) is 66.8 Å². The van der Waals surface area contributed by atoms with Crippen LogP contribution >= 0.6 is 11.3 Å². The highest BCUT2D eigenvalue weighted by molar-refractivity contribution is 7.09. The van der Waals surface area contributed by atoms with E-state index in [9.17, 15) is 19.1 Å². The van der Waals surface area contributed by atoms with Crippen molar-refractivity contribution in [1.29, 1.82) is 0 Å². The van der Waals surface area contributed by atoms with Gasteiger partial charge < -0.3 is 14.7 Å². The van der Waals surface area contributed by atoms with E-state index >= 15 is 0 Å². The standard InChI is InChI=1S/C23H18FNO4S/c1-29-17-5-2-4-15(12-17)21(26)19-20(14-7-9-16(24)10-8-14)25(23(28)22(19)27)13-18-6-3-11-30-18/h2-12,20,26H,13H2,1H3/b21-19+. The number of ether oxygens (including phenoxy) is 1. The number of amides is 1. The molecule has 1 unspecified atom stereocenters. The second-order valence-corrected chi connectivity index (χ2v) is 7.82. The molecule has 5 nitrogen and oxygen atoms in total. The molecule has 0 aliphatic carbocycles. The molecular weight excluding hydrogens is 405 g/mol. The molecular formula is C23H18FNO4S. The summed E-state index contributed by atoms with van der Waals surface area (Å²) < 4.78 is 18.7. The number of carbonyl (C=O) groups excluding carboxylic acids is 2. The van der Waals surface area contributed by atoms with Crippen LogP contribution in [0.15, 0.2) is 71.6 Å². The molecule has 0 radical (unpaired) electrons. The number of hydrogen-bond acceptors (Lipinski definition) is 5. The van der Waals surface area contributed by atoms with Gasteiger partial charge in [-0.2, -0.15) is 0 Å². The summed E-state index contributed by atoms with van der Waals surface area (Å²) in [6, 6.07) is 15.1. The number of ketones is 1. The van der Waals surface area contributed by atoms with E-state index in [2.05, 4.69) is 0 Å². The molecule has 0 saturated carbocycles. The smallest absolute Gasteiger partial charge is 0.295 e. The van der Waals surface area contributed by atoms with Gasteiger partial charge in [0.05, 0.1) is 25.3 Å². The number of rotatable bonds is 5. The second-order valence-electron chi connectivity index (χ2n) is 6.79. The van der Waals surface area contributed by atoms with E-state index in [1.165, 1.54) is 47.6 Å². The van der Waals surface area contributed by atoms with Crippen LogP contribution in [0.4, 0.5) is 4.39 Å². The van der Waals surface area contributed by atoms with E-state index < -0.39 is 23.5 Å². The molecule has 1 N–H and O–H groups in total. The van der Waals surface area contributed by atoms with Crippen molar-refractivity contribution in [1.82, 2.24) is 4.90 Å². The number of nitrogens with zero attached hydrogens (tertiary/aromatic N) is 1. The van der Waals surface area contributed by atoms with E-state index in [1.54, 1.807) is 24.3 Å². The Morgan fingerprint density at radius 3 is 2.57 bits per heavy atom. The first-order chi connectivity index (χ1) is 14.5. The van der Waals surface area contributed by atoms with E-state index in [0.717, 1.165) is 4.88 Å². The average molecular weight is 423 g/mol. The number of aliphatic hydroxyl groups excluding tert-OH is 1. The minimum absolute atomic E-state index is 0.0311. The molecule has 1 aliphatic heterocycles. The molecule has 1 aliphatic rings. The summed E-state index contributed by atoms with van der Waals surface area (Å²) in [6.07, 6.45) is 0. The van der Waals surface area contributed by atoms with Crippen LogP contribution in [-0.2, 0) is 16.1 Å². The first-order valence-corrected chi connectivity index (χ1v) is 10.1. The van der Waals surface area contributed by atoms with Crippen LogP contribution < -0.4 is 4.74 Å². The molecule has 1 saturated heterocycles. The molecule has 1 amide bonds. The second kappa shape index (κ2) is 8.12. The molecule has 4 rings (SSSR count). The zero-order valence-corrected chi connectivity index (χ0v) is 16.9. The lowest BCUT2D eigenvalue weighted by Crippen LogP contribution is -2.28. The monoisotopic (exact) mass is 423 g/mol. The fourth-order valence-electron chi connectivity index (χ4n) is 3.53. The van der Waals surface area contributed by atoms with E-state index in [0.29, 0.717) is 16.9 Å². The van der Waals surface area contributed by atoms with Crippen LogP contribution in [0.3, 0.4) is 0 Å². The maximum atomic E-state index is 13.5. The molecule has 152 valence electrons. The summed E-state index contributed by atoms with van der Waals surface area (Å²) in [5.41, 5.74) is 0.864. The summed E-state index contributed by atoms with van der Waals surface area (Å²) >= 11 is 1.46. The Bertz CT molecular complexity index is 1120. The minimum atomic E-state index is -0.834. The Kier molecular flexibility index (Phi) is 5.37. The first kappa shape index (κ1) is 19.8. The number of hydrogen-bond donors (Lipinski definition) is 1. The number of likely N-dealkylation sites (tertiary alicyclic amines) is 1. The van der Waals surface area contributed by atoms with Crippen LogP contribution in [0.1, 0.15) is 22.0 Å². The summed E-state index contributed by atoms with van der Waals surface area (Å²) in [7, 11) is 1.50. The molecule has 0 spiro atoms. The Hall–Kier alpha value is -3.45. The van der Waals surface area contributed by atoms with Gasteiger partial charge in [-0.25, -0.2) is 4.39 Å². The Morgan fingerprint density at radius 2 is 1.90 bits per heavy atom. The van der Waals surface area contributed by atoms with Gasteiger partial charge >= 0.3 is 0 Å². The van der Waals surface area contributed by atoms with Crippen LogP contribution in [0, 0.1) is 5.82 Å². The third-order valence-corrected chi connectivity index (χ3v) is 5.84. The quantitative estimate of drug-likeness (QED) is 0.372. The average Bonchev–Trinajstić information content (AvgIpc) is 3.36. The highest BCUT2D eigenvalue weighted by Gasteiger charge is 2.46. The van der Waals surface area contributed by atoms with E-state index in [-0.39, 0.29) is 17.9 Å². The molecule has 1 atom stereocenters. The molecule has 0 bridgehead atoms. The Morgan fingerprint density at radius 1 is 1.13 bits per heavy atom. The third-order valence-electron chi connectivity index (χ3n) is 4.98. The van der Waals surface area contributed by atoms with Gasteiger partial charge in [0.25, 0.3) is 11.7 Å². The summed E-state index contributed by atoms with van der Waals surface area (Å²) in [5.74, 6) is -1.70. The van der Waals surface area contributed by atoms with Gasteiger partial charge in [0.1, 0.15) is 17.3 Å². The molecule has 1 fully saturated rings. The highest BCUT2D eigenvalue weighted by Crippen LogP contribution is 2.40. The van der Waals surface area contributed by atoms with Gasteiger partial charge in [0.2, 0.25) is 0 Å². The number of benzene rings is 2. The van der Waals surface area contributed by atoms with Crippen LogP contribution in [0.25, 0.3) is 5.76 Å². The predicted molar refractivity (Wildman–Crippen MR) is 112 cm³/mol. The lowest BCUT2D eigenvalue weighted by Gasteiger charge is -2.25. The van der Waals surface area contributed by atoms with Crippen molar-refractivity contribution >= 4 is 28.8 Å². The number of Topliss-reactive ketones (excluding diaryl/α,β-unsaturated/α-hetero) is 1. The number of halogens is 1. The Balaban J connectivity index is 1.86. The number of aliphatic hydroxyl groups is 1. The lowest BCUT2D eigenvalue weighted by molar-refractivity contribution is -0.140. The molecule has 30 heavy (non-hydrogen) atoms. The van der Waals surface area contributed by atoms with E-state index in [1.807, 2.05) is 17.5 Å². The van der Waals surface area contributed by atoms with Crippen molar-refractivity contribution in [3.05, 3.63) is 93.4 Å². The zero-order valence-electron chi connectivity index (χ0n) is 16.0. The minimum Gasteiger partial charge on any atom is -0.507 e. The number of carbonyl (C=O) groups is 2. The van der Waals surface area contributed by atoms with Gasteiger partial charge in [0.15, 0.2) is 0 Å². The van der Waals surface area contributed by atoms with Gasteiger partial charge in [-0.1, -0.05) is 30.3 Å². The van der Waals surface area contributed by atoms with Crippen LogP contribution in [-0.4, -0.2) is 28.8 Å². The Labute approximate surface area is 176 Å². The molecule has 7 heteroatoms. The maximum Gasteiger partial charge on any atom is 0.295 e. The molecule has 2 aromatic carbocycles. The molecule has 3 aromatic rings. The fourth-order valence-corrected chi connectivity index (χ4v) is 4.23. The van der Waals surface area contributed by atoms with Crippen molar-refractivity contribution in [2.45, 2.75) is 12.6 Å². The van der Waals surface area contributed by atoms with Gasteiger partial charge in [-0.15, -0.1) is 11.3 Å². The molecule has 2 heterocycles. The van der Waals surface area contributed by atoms with Crippen molar-refractivity contribution in [3.63, 3.8) is 0 Å². The highest BCUT2D eigenvalue weighted by atomic mass is 32.1. The fraction of sp³-hybridized carbons (Fsp3) is 0.130. The van der Waals surface area contributed by atoms with Gasteiger partial charge in [0, 0.05) is 10.4 Å². The molecule has 1 aromatic heterocycles. The normalized spacial score (nSPS) is 18.1. The first-order valence-electron chi connectivity index (χ1n) is 9.20. The van der Waals surface area contributed by atoms with Crippen LogP contribution in [0.2, 0.25) is 0 Å². The van der Waals surface area contributed by atoms with Crippen molar-refractivity contribution in [3.8, 4) is 5.75 Å². The number of methoxy groups -OCH3 is 1. The third kappa shape index (κ3) is 3.59. The SMILES string of the molecule is COc1cccc(/C(O)=C2\C(=O)C(=O)N(Cc3cccs3)C2c2ccc(F)cc2)c1. The van der Waals surface area contributed by atoms with Gasteiger partial charge in [-0.3, -0.25) is 9.59 Å². The van der Waals surface area contributed by atoms with Gasteiger partial charge in [-0.05, 0) is 41.3 Å².